The standard InChI is InChI=1S/C39H53N3O7/c1-3-5-20-33(25-30-16-8-6-9-17-30)38(46)48-29-34(21-12-13-23-40-39(47)49-28-31-18-10-7-11-19-31)41-37(45)32(15-4-2)26-36(44)42-24-14-22-35(42)27-43/h3-4,6-11,16-19,32-35,43H,1-2,5,12-15,20-29H2,(H,40,47)(H,41,45). The van der Waals surface area contributed by atoms with E-state index >= 15 is 0 Å². The third-order valence-electron chi connectivity index (χ3n) is 8.76. The lowest BCUT2D eigenvalue weighted by Crippen LogP contribution is -2.44. The van der Waals surface area contributed by atoms with Gasteiger partial charge in [-0.3, -0.25) is 14.4 Å². The second kappa shape index (κ2) is 22.2. The molecule has 10 heteroatoms. The van der Waals surface area contributed by atoms with Gasteiger partial charge in [0, 0.05) is 19.5 Å². The zero-order valence-electron chi connectivity index (χ0n) is 28.6. The monoisotopic (exact) mass is 675 g/mol. The van der Waals surface area contributed by atoms with Gasteiger partial charge in [-0.25, -0.2) is 4.79 Å². The van der Waals surface area contributed by atoms with Crippen LogP contribution in [0.2, 0.25) is 0 Å². The van der Waals surface area contributed by atoms with Gasteiger partial charge in [0.05, 0.1) is 30.5 Å². The molecule has 4 unspecified atom stereocenters. The number of carbonyl (C=O) groups is 4. The average molecular weight is 676 g/mol. The predicted octanol–water partition coefficient (Wildman–Crippen LogP) is 5.50. The fourth-order valence-electron chi connectivity index (χ4n) is 5.98. The highest BCUT2D eigenvalue weighted by molar-refractivity contribution is 5.86. The minimum Gasteiger partial charge on any atom is -0.463 e. The number of allylic oxidation sites excluding steroid dienone is 2. The fourth-order valence-corrected chi connectivity index (χ4v) is 5.98. The number of rotatable bonds is 22. The zero-order valence-corrected chi connectivity index (χ0v) is 28.6. The van der Waals surface area contributed by atoms with Crippen molar-refractivity contribution in [3.8, 4) is 0 Å². The van der Waals surface area contributed by atoms with Gasteiger partial charge in [-0.15, -0.1) is 13.2 Å². The quantitative estimate of drug-likeness (QED) is 0.0853. The van der Waals surface area contributed by atoms with Crippen LogP contribution in [0.3, 0.4) is 0 Å². The van der Waals surface area contributed by atoms with Gasteiger partial charge in [-0.1, -0.05) is 72.8 Å². The van der Waals surface area contributed by atoms with Crippen LogP contribution in [0.1, 0.15) is 68.9 Å². The zero-order chi connectivity index (χ0) is 35.3. The van der Waals surface area contributed by atoms with Crippen LogP contribution >= 0.6 is 0 Å². The Labute approximate surface area is 290 Å². The van der Waals surface area contributed by atoms with Crippen molar-refractivity contribution in [1.82, 2.24) is 15.5 Å². The summed E-state index contributed by atoms with van der Waals surface area (Å²) in [5, 5.41) is 15.5. The topological polar surface area (TPSA) is 134 Å². The van der Waals surface area contributed by atoms with Gasteiger partial charge in [0.25, 0.3) is 0 Å². The number of likely N-dealkylation sites (tertiary alicyclic amines) is 1. The van der Waals surface area contributed by atoms with Crippen molar-refractivity contribution < 1.29 is 33.8 Å². The van der Waals surface area contributed by atoms with Crippen LogP contribution in [0, 0.1) is 11.8 Å². The Morgan fingerprint density at radius 2 is 1.63 bits per heavy atom. The van der Waals surface area contributed by atoms with E-state index < -0.39 is 18.1 Å². The van der Waals surface area contributed by atoms with E-state index in [0.29, 0.717) is 58.0 Å². The molecular formula is C39H53N3O7. The number of nitrogens with one attached hydrogen (secondary N) is 2. The predicted molar refractivity (Wildman–Crippen MR) is 189 cm³/mol. The molecule has 49 heavy (non-hydrogen) atoms. The number of aliphatic hydroxyl groups is 1. The van der Waals surface area contributed by atoms with Crippen molar-refractivity contribution in [2.24, 2.45) is 11.8 Å². The minimum absolute atomic E-state index is 0.00340. The van der Waals surface area contributed by atoms with E-state index in [1.165, 1.54) is 0 Å². The first-order valence-corrected chi connectivity index (χ1v) is 17.4. The van der Waals surface area contributed by atoms with Gasteiger partial charge >= 0.3 is 12.1 Å². The molecule has 0 saturated carbocycles. The minimum atomic E-state index is -0.650. The first kappa shape index (κ1) is 39.0. The molecule has 0 spiro atoms. The maximum atomic E-state index is 13.6. The molecule has 3 N–H and O–H groups in total. The van der Waals surface area contributed by atoms with Crippen molar-refractivity contribution in [2.75, 3.05) is 26.3 Å². The number of benzene rings is 2. The highest BCUT2D eigenvalue weighted by Crippen LogP contribution is 2.22. The SMILES string of the molecule is C=CCCC(Cc1ccccc1)C(=O)OCC(CCCCNC(=O)OCc1ccccc1)NC(=O)C(CC=C)CC(=O)N1CCCC1CO. The summed E-state index contributed by atoms with van der Waals surface area (Å²) in [4.78, 5) is 53.8. The Kier molecular flexibility index (Phi) is 17.7. The first-order chi connectivity index (χ1) is 23.8. The van der Waals surface area contributed by atoms with E-state index in [9.17, 15) is 24.3 Å². The van der Waals surface area contributed by atoms with E-state index in [-0.39, 0.29) is 56.0 Å². The summed E-state index contributed by atoms with van der Waals surface area (Å²) in [6.07, 6.45) is 8.28. The Morgan fingerprint density at radius 1 is 0.918 bits per heavy atom. The number of nitrogens with zero attached hydrogens (tertiary/aromatic N) is 1. The number of amides is 3. The van der Waals surface area contributed by atoms with Gasteiger partial charge in [0.2, 0.25) is 11.8 Å². The first-order valence-electron chi connectivity index (χ1n) is 17.4. The summed E-state index contributed by atoms with van der Waals surface area (Å²) in [5.41, 5.74) is 1.93. The maximum absolute atomic E-state index is 13.6. The second-order valence-corrected chi connectivity index (χ2v) is 12.6. The van der Waals surface area contributed by atoms with Gasteiger partial charge in [-0.05, 0) is 68.9 Å². The van der Waals surface area contributed by atoms with Crippen LogP contribution in [-0.2, 0) is 36.9 Å². The Balaban J connectivity index is 1.59. The smallest absolute Gasteiger partial charge is 0.407 e. The molecule has 1 heterocycles. The summed E-state index contributed by atoms with van der Waals surface area (Å²) >= 11 is 0. The normalized spacial score (nSPS) is 15.8. The average Bonchev–Trinajstić information content (AvgIpc) is 3.61. The molecule has 3 rings (SSSR count). The highest BCUT2D eigenvalue weighted by Gasteiger charge is 2.32. The van der Waals surface area contributed by atoms with Gasteiger partial charge in [0.15, 0.2) is 0 Å². The molecule has 2 aromatic carbocycles. The van der Waals surface area contributed by atoms with Crippen molar-refractivity contribution in [1.29, 1.82) is 0 Å². The third-order valence-corrected chi connectivity index (χ3v) is 8.76. The third kappa shape index (κ3) is 14.3. The van der Waals surface area contributed by atoms with Crippen molar-refractivity contribution >= 4 is 23.9 Å². The number of alkyl carbamates (subject to hydrolysis) is 1. The van der Waals surface area contributed by atoms with E-state index in [2.05, 4.69) is 23.8 Å². The van der Waals surface area contributed by atoms with Crippen LogP contribution < -0.4 is 10.6 Å². The lowest BCUT2D eigenvalue weighted by atomic mass is 9.95. The molecule has 4 atom stereocenters. The van der Waals surface area contributed by atoms with E-state index in [1.54, 1.807) is 17.1 Å². The van der Waals surface area contributed by atoms with E-state index in [0.717, 1.165) is 24.0 Å². The lowest BCUT2D eigenvalue weighted by Gasteiger charge is -2.26. The molecule has 0 bridgehead atoms. The molecule has 10 nitrogen and oxygen atoms in total. The number of ether oxygens (including phenoxy) is 2. The summed E-state index contributed by atoms with van der Waals surface area (Å²) in [7, 11) is 0. The van der Waals surface area contributed by atoms with Crippen LogP contribution in [-0.4, -0.2) is 72.3 Å². The maximum Gasteiger partial charge on any atom is 0.407 e. The molecule has 0 radical (unpaired) electrons. The molecule has 1 aliphatic rings. The van der Waals surface area contributed by atoms with Crippen molar-refractivity contribution in [3.05, 3.63) is 97.1 Å². The molecule has 1 aliphatic heterocycles. The molecule has 266 valence electrons. The number of unbranched alkanes of at least 4 members (excludes halogenated alkanes) is 1. The Bertz CT molecular complexity index is 1320. The van der Waals surface area contributed by atoms with Crippen LogP contribution in [0.15, 0.2) is 86.0 Å². The number of carbonyl (C=O) groups excluding carboxylic acids is 4. The molecule has 0 aliphatic carbocycles. The summed E-state index contributed by atoms with van der Waals surface area (Å²) in [5.74, 6) is -1.84. The van der Waals surface area contributed by atoms with E-state index in [4.69, 9.17) is 9.47 Å². The number of esters is 1. The Hall–Kier alpha value is -4.44. The van der Waals surface area contributed by atoms with Crippen LogP contribution in [0.25, 0.3) is 0 Å². The summed E-state index contributed by atoms with van der Waals surface area (Å²) in [6, 6.07) is 18.5. The molecular weight excluding hydrogens is 622 g/mol. The second-order valence-electron chi connectivity index (χ2n) is 12.6. The molecule has 0 aromatic heterocycles. The van der Waals surface area contributed by atoms with Crippen LogP contribution in [0.4, 0.5) is 4.79 Å². The van der Waals surface area contributed by atoms with Gasteiger partial charge in [-0.2, -0.15) is 0 Å². The lowest BCUT2D eigenvalue weighted by molar-refractivity contribution is -0.150. The largest absolute Gasteiger partial charge is 0.463 e. The molecule has 2 aromatic rings. The van der Waals surface area contributed by atoms with Crippen molar-refractivity contribution in [2.45, 2.75) is 82.9 Å². The highest BCUT2D eigenvalue weighted by atomic mass is 16.5. The van der Waals surface area contributed by atoms with Gasteiger partial charge in [0.1, 0.15) is 13.2 Å². The molecule has 1 saturated heterocycles. The number of aliphatic hydroxyl groups excluding tert-OH is 1. The number of hydrogen-bond donors (Lipinski definition) is 3. The summed E-state index contributed by atoms with van der Waals surface area (Å²) < 4.78 is 11.1. The Morgan fingerprint density at radius 3 is 2.31 bits per heavy atom. The summed E-state index contributed by atoms with van der Waals surface area (Å²) in [6.45, 7) is 8.58. The molecule has 1 fully saturated rings. The fraction of sp³-hybridized carbons (Fsp3) is 0.487. The van der Waals surface area contributed by atoms with Gasteiger partial charge < -0.3 is 30.1 Å². The van der Waals surface area contributed by atoms with Crippen LogP contribution in [0.5, 0.6) is 0 Å². The number of hydrogen-bond acceptors (Lipinski definition) is 7. The van der Waals surface area contributed by atoms with Crippen molar-refractivity contribution in [3.63, 3.8) is 0 Å². The molecule has 3 amide bonds. The van der Waals surface area contributed by atoms with E-state index in [1.807, 2.05) is 60.7 Å².